The Hall–Kier alpha value is -2.93. The van der Waals surface area contributed by atoms with Crippen LogP contribution in [0.2, 0.25) is 0 Å². The molecule has 0 spiro atoms. The van der Waals surface area contributed by atoms with E-state index in [9.17, 15) is 0 Å². The number of thiophene rings is 1. The van der Waals surface area contributed by atoms with E-state index in [1.807, 2.05) is 43.3 Å². The van der Waals surface area contributed by atoms with Crippen LogP contribution in [0.4, 0.5) is 5.69 Å². The Balaban J connectivity index is 1.70. The number of hydrogen-bond donors (Lipinski definition) is 1. The van der Waals surface area contributed by atoms with Crippen LogP contribution < -0.4 is 10.5 Å². The fraction of sp³-hybridized carbons (Fsp3) is 0.118. The largest absolute Gasteiger partial charge is 0.494 e. The van der Waals surface area contributed by atoms with Crippen molar-refractivity contribution in [3.8, 4) is 27.9 Å². The van der Waals surface area contributed by atoms with Gasteiger partial charge in [0.1, 0.15) is 15.5 Å². The highest BCUT2D eigenvalue weighted by Crippen LogP contribution is 2.39. The Labute approximate surface area is 141 Å². The van der Waals surface area contributed by atoms with E-state index in [0.29, 0.717) is 24.0 Å². The summed E-state index contributed by atoms with van der Waals surface area (Å²) in [5.74, 6) is 1.72. The van der Waals surface area contributed by atoms with Gasteiger partial charge >= 0.3 is 0 Å². The summed E-state index contributed by atoms with van der Waals surface area (Å²) in [5, 5.41) is 4.95. The van der Waals surface area contributed by atoms with Crippen LogP contribution in [0.5, 0.6) is 5.75 Å². The monoisotopic (exact) mass is 338 g/mol. The standard InChI is InChI=1S/C17H14N4O2S/c1-2-22-11-7-5-10(6-8-11)15-20-16(23-21-15)14-13(18)12-4-3-9-19-17(12)24-14/h3-9H,2,18H2,1H3. The predicted molar refractivity (Wildman–Crippen MR) is 93.9 cm³/mol. The van der Waals surface area contributed by atoms with Crippen molar-refractivity contribution in [2.45, 2.75) is 6.92 Å². The zero-order valence-electron chi connectivity index (χ0n) is 12.9. The first kappa shape index (κ1) is 14.6. The molecule has 7 heteroatoms. The Morgan fingerprint density at radius 3 is 2.79 bits per heavy atom. The number of hydrogen-bond acceptors (Lipinski definition) is 7. The summed E-state index contributed by atoms with van der Waals surface area (Å²) in [6.45, 7) is 2.58. The van der Waals surface area contributed by atoms with Gasteiger partial charge in [-0.25, -0.2) is 4.98 Å². The summed E-state index contributed by atoms with van der Waals surface area (Å²) in [6.07, 6.45) is 1.74. The van der Waals surface area contributed by atoms with E-state index in [-0.39, 0.29) is 0 Å². The molecule has 6 nitrogen and oxygen atoms in total. The lowest BCUT2D eigenvalue weighted by molar-refractivity contribution is 0.340. The molecule has 24 heavy (non-hydrogen) atoms. The van der Waals surface area contributed by atoms with Gasteiger partial charge in [-0.3, -0.25) is 0 Å². The second-order valence-corrected chi connectivity index (χ2v) is 6.08. The highest BCUT2D eigenvalue weighted by atomic mass is 32.1. The molecule has 2 N–H and O–H groups in total. The minimum Gasteiger partial charge on any atom is -0.494 e. The number of aromatic nitrogens is 3. The summed E-state index contributed by atoms with van der Waals surface area (Å²) >= 11 is 1.44. The predicted octanol–water partition coefficient (Wildman–Crippen LogP) is 3.99. The molecule has 0 aliphatic rings. The molecule has 0 aliphatic heterocycles. The third kappa shape index (κ3) is 2.48. The van der Waals surface area contributed by atoms with Crippen LogP contribution in [0.1, 0.15) is 6.92 Å². The van der Waals surface area contributed by atoms with Crippen LogP contribution in [0, 0.1) is 0 Å². The van der Waals surface area contributed by atoms with Gasteiger partial charge in [0.25, 0.3) is 5.89 Å². The first-order valence-corrected chi connectivity index (χ1v) is 8.28. The van der Waals surface area contributed by atoms with Gasteiger partial charge in [0.05, 0.1) is 12.3 Å². The fourth-order valence-electron chi connectivity index (χ4n) is 2.41. The second-order valence-electron chi connectivity index (χ2n) is 5.08. The lowest BCUT2D eigenvalue weighted by atomic mass is 10.2. The average Bonchev–Trinajstić information content (AvgIpc) is 3.21. The SMILES string of the molecule is CCOc1ccc(-c2noc(-c3sc4ncccc4c3N)n2)cc1. The van der Waals surface area contributed by atoms with Gasteiger partial charge in [-0.05, 0) is 43.3 Å². The Morgan fingerprint density at radius 1 is 1.21 bits per heavy atom. The molecule has 3 aromatic heterocycles. The van der Waals surface area contributed by atoms with Crippen molar-refractivity contribution in [1.29, 1.82) is 0 Å². The van der Waals surface area contributed by atoms with Crippen molar-refractivity contribution in [3.63, 3.8) is 0 Å². The molecule has 120 valence electrons. The molecular formula is C17H14N4O2S. The van der Waals surface area contributed by atoms with Crippen molar-refractivity contribution in [1.82, 2.24) is 15.1 Å². The third-order valence-electron chi connectivity index (χ3n) is 3.55. The lowest BCUT2D eigenvalue weighted by Crippen LogP contribution is -1.90. The van der Waals surface area contributed by atoms with E-state index in [1.54, 1.807) is 6.20 Å². The van der Waals surface area contributed by atoms with Crippen molar-refractivity contribution < 1.29 is 9.26 Å². The van der Waals surface area contributed by atoms with Crippen LogP contribution in [0.25, 0.3) is 32.4 Å². The van der Waals surface area contributed by atoms with E-state index in [2.05, 4.69) is 15.1 Å². The number of fused-ring (bicyclic) bond motifs is 1. The molecule has 0 aliphatic carbocycles. The molecule has 1 aromatic carbocycles. The zero-order valence-corrected chi connectivity index (χ0v) is 13.7. The van der Waals surface area contributed by atoms with Crippen molar-refractivity contribution >= 4 is 27.2 Å². The van der Waals surface area contributed by atoms with E-state index in [0.717, 1.165) is 26.4 Å². The average molecular weight is 338 g/mol. The van der Waals surface area contributed by atoms with Gasteiger partial charge in [-0.15, -0.1) is 11.3 Å². The topological polar surface area (TPSA) is 87.1 Å². The van der Waals surface area contributed by atoms with E-state index in [1.165, 1.54) is 11.3 Å². The summed E-state index contributed by atoms with van der Waals surface area (Å²) < 4.78 is 10.8. The molecular weight excluding hydrogens is 324 g/mol. The highest BCUT2D eigenvalue weighted by Gasteiger charge is 2.18. The molecule has 0 fully saturated rings. The molecule has 0 unspecified atom stereocenters. The second kappa shape index (κ2) is 5.93. The van der Waals surface area contributed by atoms with E-state index < -0.39 is 0 Å². The number of nitrogen functional groups attached to an aromatic ring is 1. The fourth-order valence-corrected chi connectivity index (χ4v) is 3.39. The number of anilines is 1. The summed E-state index contributed by atoms with van der Waals surface area (Å²) in [5.41, 5.74) is 7.67. The van der Waals surface area contributed by atoms with Gasteiger partial charge < -0.3 is 15.0 Å². The summed E-state index contributed by atoms with van der Waals surface area (Å²) in [7, 11) is 0. The molecule has 0 amide bonds. The number of ether oxygens (including phenoxy) is 1. The molecule has 0 saturated heterocycles. The van der Waals surface area contributed by atoms with Crippen LogP contribution in [0.15, 0.2) is 47.1 Å². The molecule has 0 bridgehead atoms. The van der Waals surface area contributed by atoms with Crippen LogP contribution >= 0.6 is 11.3 Å². The van der Waals surface area contributed by atoms with Crippen LogP contribution in [-0.4, -0.2) is 21.7 Å². The van der Waals surface area contributed by atoms with Gasteiger partial charge in [0, 0.05) is 17.1 Å². The van der Waals surface area contributed by atoms with Gasteiger partial charge in [0.2, 0.25) is 5.82 Å². The Bertz CT molecular complexity index is 991. The first-order chi connectivity index (χ1) is 11.8. The maximum atomic E-state index is 6.20. The van der Waals surface area contributed by atoms with E-state index >= 15 is 0 Å². The van der Waals surface area contributed by atoms with Crippen molar-refractivity contribution in [2.75, 3.05) is 12.3 Å². The number of pyridine rings is 1. The number of nitrogens with zero attached hydrogens (tertiary/aromatic N) is 3. The quantitative estimate of drug-likeness (QED) is 0.605. The zero-order chi connectivity index (χ0) is 16.5. The van der Waals surface area contributed by atoms with Crippen LogP contribution in [0.3, 0.4) is 0 Å². The van der Waals surface area contributed by atoms with Gasteiger partial charge in [-0.2, -0.15) is 4.98 Å². The van der Waals surface area contributed by atoms with Crippen LogP contribution in [-0.2, 0) is 0 Å². The molecule has 3 heterocycles. The normalized spacial score (nSPS) is 11.0. The molecule has 0 radical (unpaired) electrons. The van der Waals surface area contributed by atoms with Crippen molar-refractivity contribution in [3.05, 3.63) is 42.6 Å². The maximum Gasteiger partial charge on any atom is 0.270 e. The van der Waals surface area contributed by atoms with E-state index in [4.69, 9.17) is 15.0 Å². The third-order valence-corrected chi connectivity index (χ3v) is 4.67. The molecule has 0 saturated carbocycles. The lowest BCUT2D eigenvalue weighted by Gasteiger charge is -2.02. The smallest absolute Gasteiger partial charge is 0.270 e. The molecule has 0 atom stereocenters. The molecule has 4 rings (SSSR count). The van der Waals surface area contributed by atoms with Crippen molar-refractivity contribution in [2.24, 2.45) is 0 Å². The Morgan fingerprint density at radius 2 is 2.04 bits per heavy atom. The Kier molecular flexibility index (Phi) is 3.62. The van der Waals surface area contributed by atoms with Gasteiger partial charge in [0.15, 0.2) is 0 Å². The first-order valence-electron chi connectivity index (χ1n) is 7.46. The minimum absolute atomic E-state index is 0.402. The number of nitrogens with two attached hydrogens (primary N) is 1. The number of rotatable bonds is 4. The number of benzene rings is 1. The van der Waals surface area contributed by atoms with Gasteiger partial charge in [-0.1, -0.05) is 5.16 Å². The highest BCUT2D eigenvalue weighted by molar-refractivity contribution is 7.22. The maximum absolute atomic E-state index is 6.20. The minimum atomic E-state index is 0.402. The summed E-state index contributed by atoms with van der Waals surface area (Å²) in [4.78, 5) is 10.4. The molecule has 4 aromatic rings. The summed E-state index contributed by atoms with van der Waals surface area (Å²) in [6, 6.07) is 11.3.